The lowest BCUT2D eigenvalue weighted by Crippen LogP contribution is -1.97. The van der Waals surface area contributed by atoms with Crippen LogP contribution in [0.25, 0.3) is 0 Å². The van der Waals surface area contributed by atoms with Gasteiger partial charge in [0, 0.05) is 11.3 Å². The Kier molecular flexibility index (Phi) is 3.23. The molecule has 0 heterocycles. The van der Waals surface area contributed by atoms with Crippen LogP contribution in [0.15, 0.2) is 11.6 Å². The van der Waals surface area contributed by atoms with Crippen LogP contribution < -0.4 is 5.14 Å². The zero-order valence-corrected chi connectivity index (χ0v) is 7.10. The summed E-state index contributed by atoms with van der Waals surface area (Å²) >= 11 is -2.36. The Morgan fingerprint density at radius 2 is 2.36 bits per heavy atom. The van der Waals surface area contributed by atoms with E-state index >= 15 is 0 Å². The maximum atomic E-state index is 8.78. The summed E-state index contributed by atoms with van der Waals surface area (Å²) in [6.45, 7) is 0. The summed E-state index contributed by atoms with van der Waals surface area (Å²) in [4.78, 5) is 0. The van der Waals surface area contributed by atoms with E-state index in [1.807, 2.05) is 0 Å². The second kappa shape index (κ2) is 3.99. The molecule has 0 aromatic heterocycles. The highest BCUT2D eigenvalue weighted by molar-refractivity contribution is 7.76. The van der Waals surface area contributed by atoms with Gasteiger partial charge in [-0.25, -0.2) is 0 Å². The third kappa shape index (κ3) is 3.14. The molecule has 1 fully saturated rings. The van der Waals surface area contributed by atoms with Crippen molar-refractivity contribution in [1.29, 1.82) is 0 Å². The summed E-state index contributed by atoms with van der Waals surface area (Å²) in [5.74, 6) is 1.08. The van der Waals surface area contributed by atoms with Gasteiger partial charge in [0.1, 0.15) is 0 Å². The minimum Gasteiger partial charge on any atom is -0.760 e. The van der Waals surface area contributed by atoms with Crippen molar-refractivity contribution in [2.24, 2.45) is 11.1 Å². The fraction of sp³-hybridized carbons (Fsp3) is 0.714. The van der Waals surface area contributed by atoms with E-state index in [1.165, 1.54) is 25.7 Å². The van der Waals surface area contributed by atoms with Gasteiger partial charge in [-0.15, -0.1) is 0 Å². The Morgan fingerprint density at radius 3 is 2.45 bits per heavy atom. The van der Waals surface area contributed by atoms with E-state index in [0.29, 0.717) is 0 Å². The van der Waals surface area contributed by atoms with Crippen molar-refractivity contribution in [1.82, 2.24) is 0 Å². The number of rotatable bonds is 0. The van der Waals surface area contributed by atoms with Gasteiger partial charge in [-0.05, 0) is 31.6 Å². The zero-order chi connectivity index (χ0) is 8.27. The molecule has 1 saturated carbocycles. The minimum absolute atomic E-state index is 1.08. The quantitative estimate of drug-likeness (QED) is 0.437. The molecule has 3 nitrogen and oxygen atoms in total. The largest absolute Gasteiger partial charge is 0.760 e. The number of fused-ring (bicyclic) bond motifs is 2. The number of hydrogen-bond acceptors (Lipinski definition) is 2. The molecule has 11 heavy (non-hydrogen) atoms. The standard InChI is InChI=1S/C7H10.H3NO2S/c1-2-7-4-3-6(1)5-7;1-4(2)3/h1,7H,2-5H2;1H2,(H,2,3)/p-1. The molecular weight excluding hydrogens is 162 g/mol. The van der Waals surface area contributed by atoms with Crippen molar-refractivity contribution >= 4 is 11.3 Å². The molecule has 4 heteroatoms. The summed E-state index contributed by atoms with van der Waals surface area (Å²) in [5.41, 5.74) is 1.74. The van der Waals surface area contributed by atoms with Crippen molar-refractivity contribution in [3.05, 3.63) is 11.6 Å². The van der Waals surface area contributed by atoms with Crippen LogP contribution in [0.3, 0.4) is 0 Å². The Bertz CT molecular complexity index is 187. The lowest BCUT2D eigenvalue weighted by Gasteiger charge is -1.98. The molecule has 64 valence electrons. The molecule has 2 atom stereocenters. The maximum Gasteiger partial charge on any atom is 0.0152 e. The predicted octanol–water partition coefficient (Wildman–Crippen LogP) is 0.856. The van der Waals surface area contributed by atoms with Gasteiger partial charge in [0.25, 0.3) is 0 Å². The van der Waals surface area contributed by atoms with Crippen molar-refractivity contribution in [2.75, 3.05) is 0 Å². The first-order valence-corrected chi connectivity index (χ1v) is 4.84. The van der Waals surface area contributed by atoms with E-state index < -0.39 is 11.3 Å². The van der Waals surface area contributed by atoms with Gasteiger partial charge in [0.15, 0.2) is 0 Å². The van der Waals surface area contributed by atoms with Gasteiger partial charge in [-0.1, -0.05) is 11.6 Å². The maximum absolute atomic E-state index is 8.78. The van der Waals surface area contributed by atoms with E-state index in [2.05, 4.69) is 11.2 Å². The van der Waals surface area contributed by atoms with Crippen molar-refractivity contribution in [3.63, 3.8) is 0 Å². The van der Waals surface area contributed by atoms with Crippen LogP contribution in [0.4, 0.5) is 0 Å². The zero-order valence-electron chi connectivity index (χ0n) is 6.29. The molecule has 0 radical (unpaired) electrons. The van der Waals surface area contributed by atoms with Gasteiger partial charge in [-0.3, -0.25) is 9.35 Å². The molecule has 2 bridgehead atoms. The fourth-order valence-electron chi connectivity index (χ4n) is 1.68. The average molecular weight is 174 g/mol. The molecule has 0 saturated heterocycles. The Morgan fingerprint density at radius 1 is 1.73 bits per heavy atom. The van der Waals surface area contributed by atoms with Crippen LogP contribution in [0, 0.1) is 5.92 Å². The highest BCUT2D eigenvalue weighted by atomic mass is 32.2. The molecule has 0 spiro atoms. The third-order valence-corrected chi connectivity index (χ3v) is 2.16. The van der Waals surface area contributed by atoms with Crippen LogP contribution in [-0.2, 0) is 11.3 Å². The number of nitrogens with two attached hydrogens (primary N) is 1. The van der Waals surface area contributed by atoms with Crippen LogP contribution in [0.5, 0.6) is 0 Å². The highest BCUT2D eigenvalue weighted by Crippen LogP contribution is 2.38. The first-order valence-electron chi connectivity index (χ1n) is 3.70. The summed E-state index contributed by atoms with van der Waals surface area (Å²) in [7, 11) is 0. The molecule has 0 aromatic carbocycles. The molecule has 0 amide bonds. The Balaban J connectivity index is 0.000000134. The summed E-state index contributed by atoms with van der Waals surface area (Å²) < 4.78 is 17.6. The van der Waals surface area contributed by atoms with Gasteiger partial charge in [0.05, 0.1) is 0 Å². The van der Waals surface area contributed by atoms with Gasteiger partial charge in [-0.2, -0.15) is 0 Å². The van der Waals surface area contributed by atoms with Crippen molar-refractivity contribution in [3.8, 4) is 0 Å². The third-order valence-electron chi connectivity index (χ3n) is 2.16. The fourth-order valence-corrected chi connectivity index (χ4v) is 1.68. The van der Waals surface area contributed by atoms with E-state index in [-0.39, 0.29) is 0 Å². The van der Waals surface area contributed by atoms with E-state index in [4.69, 9.17) is 8.76 Å². The SMILES string of the molecule is C1=C2CCC(C1)C2.NS(=O)[O-]. The second-order valence-electron chi connectivity index (χ2n) is 2.97. The smallest absolute Gasteiger partial charge is 0.0152 e. The summed E-state index contributed by atoms with van der Waals surface area (Å²) in [6.07, 6.45) is 8.18. The van der Waals surface area contributed by atoms with Gasteiger partial charge >= 0.3 is 0 Å². The molecule has 0 aromatic rings. The van der Waals surface area contributed by atoms with Crippen LogP contribution in [0.1, 0.15) is 25.7 Å². The lowest BCUT2D eigenvalue weighted by atomic mass is 10.1. The first-order chi connectivity index (χ1) is 5.18. The first kappa shape index (κ1) is 8.90. The van der Waals surface area contributed by atoms with Crippen LogP contribution in [0.2, 0.25) is 0 Å². The van der Waals surface area contributed by atoms with Crippen LogP contribution in [-0.4, -0.2) is 8.76 Å². The van der Waals surface area contributed by atoms with E-state index in [9.17, 15) is 0 Å². The van der Waals surface area contributed by atoms with Crippen molar-refractivity contribution in [2.45, 2.75) is 25.7 Å². The normalized spacial score (nSPS) is 28.9. The van der Waals surface area contributed by atoms with Gasteiger partial charge < -0.3 is 4.55 Å². The second-order valence-corrected chi connectivity index (χ2v) is 3.49. The minimum atomic E-state index is -2.36. The molecule has 2 aliphatic carbocycles. The molecule has 2 rings (SSSR count). The van der Waals surface area contributed by atoms with Crippen molar-refractivity contribution < 1.29 is 8.76 Å². The Labute approximate surface area is 69.1 Å². The number of allylic oxidation sites excluding steroid dienone is 2. The molecule has 2 N–H and O–H groups in total. The Hall–Kier alpha value is -0.190. The molecule has 0 aliphatic heterocycles. The molecule has 2 aliphatic rings. The monoisotopic (exact) mass is 174 g/mol. The lowest BCUT2D eigenvalue weighted by molar-refractivity contribution is 0.539. The predicted molar refractivity (Wildman–Crippen MR) is 43.1 cm³/mol. The number of hydrogen-bond donors (Lipinski definition) is 1. The average Bonchev–Trinajstić information content (AvgIpc) is 2.45. The van der Waals surface area contributed by atoms with E-state index in [0.717, 1.165) is 5.92 Å². The van der Waals surface area contributed by atoms with Crippen LogP contribution >= 0.6 is 0 Å². The van der Waals surface area contributed by atoms with Gasteiger partial charge in [0.2, 0.25) is 0 Å². The topological polar surface area (TPSA) is 66.2 Å². The molecule has 2 unspecified atom stereocenters. The highest BCUT2D eigenvalue weighted by Gasteiger charge is 2.22. The molecular formula is C7H12NO2S-. The summed E-state index contributed by atoms with van der Waals surface area (Å²) in [5, 5.41) is 4.03. The van der Waals surface area contributed by atoms with E-state index in [1.54, 1.807) is 5.57 Å². The summed E-state index contributed by atoms with van der Waals surface area (Å²) in [6, 6.07) is 0.